The number of likely N-dealkylation sites (tertiary alicyclic amines) is 1. The second-order valence-electron chi connectivity index (χ2n) is 7.75. The molecular weight excluding hydrogens is 358 g/mol. The van der Waals surface area contributed by atoms with Crippen molar-refractivity contribution in [2.24, 2.45) is 5.92 Å². The Hall–Kier alpha value is -2.25. The molecule has 150 valence electrons. The van der Waals surface area contributed by atoms with Crippen LogP contribution in [0, 0.1) is 12.8 Å². The molecule has 7 heteroatoms. The summed E-state index contributed by atoms with van der Waals surface area (Å²) in [6.45, 7) is 7.02. The minimum Gasteiger partial charge on any atom is -0.376 e. The van der Waals surface area contributed by atoms with E-state index in [4.69, 9.17) is 14.0 Å². The normalized spacial score (nSPS) is 20.5. The van der Waals surface area contributed by atoms with Gasteiger partial charge in [0, 0.05) is 31.3 Å². The molecule has 0 bridgehead atoms. The maximum atomic E-state index is 13.0. The Labute approximate surface area is 165 Å². The van der Waals surface area contributed by atoms with Crippen LogP contribution in [-0.2, 0) is 22.5 Å². The highest BCUT2D eigenvalue weighted by Gasteiger charge is 2.55. The lowest BCUT2D eigenvalue weighted by Gasteiger charge is -2.50. The molecule has 0 radical (unpaired) electrons. The van der Waals surface area contributed by atoms with E-state index in [9.17, 15) is 4.79 Å². The van der Waals surface area contributed by atoms with Crippen LogP contribution < -0.4 is 0 Å². The van der Waals surface area contributed by atoms with Crippen molar-refractivity contribution < 1.29 is 18.8 Å². The zero-order valence-corrected chi connectivity index (χ0v) is 16.5. The van der Waals surface area contributed by atoms with Crippen LogP contribution in [-0.4, -0.2) is 52.9 Å². The summed E-state index contributed by atoms with van der Waals surface area (Å²) < 4.78 is 17.4. The molecule has 2 saturated heterocycles. The number of pyridine rings is 1. The van der Waals surface area contributed by atoms with Gasteiger partial charge in [-0.15, -0.1) is 0 Å². The molecule has 1 atom stereocenters. The van der Waals surface area contributed by atoms with Gasteiger partial charge in [0.15, 0.2) is 0 Å². The Morgan fingerprint density at radius 1 is 1.36 bits per heavy atom. The fraction of sp³-hybridized carbons (Fsp3) is 0.571. The van der Waals surface area contributed by atoms with Crippen LogP contribution in [0.15, 0.2) is 29.0 Å². The minimum atomic E-state index is -0.274. The summed E-state index contributed by atoms with van der Waals surface area (Å²) in [6, 6.07) is 3.92. The molecule has 1 amide bonds. The molecule has 0 unspecified atom stereocenters. The standard InChI is InChI=1S/C21H27N3O4/c1-3-4-18-19(15(2)23-28-18)20(25)24-13-21(14-24)17(7-10-27-21)12-26-11-16-5-8-22-9-6-16/h5-6,8-9,17H,3-4,7,10-14H2,1-2H3/t17-/m1/s1. The largest absolute Gasteiger partial charge is 0.376 e. The first-order chi connectivity index (χ1) is 13.6. The van der Waals surface area contributed by atoms with E-state index in [-0.39, 0.29) is 11.5 Å². The summed E-state index contributed by atoms with van der Waals surface area (Å²) in [5.41, 5.74) is 2.13. The van der Waals surface area contributed by atoms with Crippen molar-refractivity contribution in [3.63, 3.8) is 0 Å². The highest BCUT2D eigenvalue weighted by atomic mass is 16.5. The van der Waals surface area contributed by atoms with Gasteiger partial charge in [0.25, 0.3) is 5.91 Å². The van der Waals surface area contributed by atoms with Crippen molar-refractivity contribution in [3.05, 3.63) is 47.1 Å². The maximum Gasteiger partial charge on any atom is 0.259 e. The van der Waals surface area contributed by atoms with Gasteiger partial charge in [-0.05, 0) is 37.5 Å². The van der Waals surface area contributed by atoms with E-state index in [2.05, 4.69) is 17.1 Å². The first kappa shape index (κ1) is 19.1. The predicted octanol–water partition coefficient (Wildman–Crippen LogP) is 2.78. The van der Waals surface area contributed by atoms with Crippen molar-refractivity contribution in [1.82, 2.24) is 15.0 Å². The number of hydrogen-bond donors (Lipinski definition) is 0. The molecule has 7 nitrogen and oxygen atoms in total. The van der Waals surface area contributed by atoms with Gasteiger partial charge in [0.2, 0.25) is 0 Å². The SMILES string of the molecule is CCCc1onc(C)c1C(=O)N1CC2(C1)OCC[C@@H]2COCc1ccncc1. The third-order valence-electron chi connectivity index (χ3n) is 5.77. The lowest BCUT2D eigenvalue weighted by molar-refractivity contribution is -0.129. The van der Waals surface area contributed by atoms with Gasteiger partial charge in [-0.1, -0.05) is 12.1 Å². The van der Waals surface area contributed by atoms with Crippen molar-refractivity contribution in [1.29, 1.82) is 0 Å². The third-order valence-corrected chi connectivity index (χ3v) is 5.77. The van der Waals surface area contributed by atoms with Crippen LogP contribution in [0.2, 0.25) is 0 Å². The topological polar surface area (TPSA) is 77.7 Å². The Kier molecular flexibility index (Phi) is 5.46. The van der Waals surface area contributed by atoms with E-state index >= 15 is 0 Å². The lowest BCUT2D eigenvalue weighted by atomic mass is 9.81. The van der Waals surface area contributed by atoms with Gasteiger partial charge in [0.05, 0.1) is 32.0 Å². The summed E-state index contributed by atoms with van der Waals surface area (Å²) in [7, 11) is 0. The molecular formula is C21H27N3O4. The molecule has 2 fully saturated rings. The number of rotatable bonds is 7. The molecule has 1 spiro atoms. The molecule has 2 aromatic rings. The zero-order chi connectivity index (χ0) is 19.6. The third kappa shape index (κ3) is 3.56. The highest BCUT2D eigenvalue weighted by Crippen LogP contribution is 2.41. The van der Waals surface area contributed by atoms with E-state index in [1.165, 1.54) is 0 Å². The highest BCUT2D eigenvalue weighted by molar-refractivity contribution is 5.96. The zero-order valence-electron chi connectivity index (χ0n) is 16.5. The summed E-state index contributed by atoms with van der Waals surface area (Å²) in [5, 5.41) is 3.99. The van der Waals surface area contributed by atoms with E-state index in [0.717, 1.165) is 31.4 Å². The van der Waals surface area contributed by atoms with E-state index in [0.29, 0.717) is 49.2 Å². The average molecular weight is 385 g/mol. The average Bonchev–Trinajstić information content (AvgIpc) is 3.25. The van der Waals surface area contributed by atoms with Crippen LogP contribution >= 0.6 is 0 Å². The second kappa shape index (κ2) is 8.01. The minimum absolute atomic E-state index is 0.000205. The van der Waals surface area contributed by atoms with E-state index in [1.54, 1.807) is 12.4 Å². The Morgan fingerprint density at radius 2 is 2.14 bits per heavy atom. The van der Waals surface area contributed by atoms with Crippen LogP contribution in [0.1, 0.15) is 47.1 Å². The smallest absolute Gasteiger partial charge is 0.259 e. The van der Waals surface area contributed by atoms with Crippen molar-refractivity contribution in [3.8, 4) is 0 Å². The number of hydrogen-bond acceptors (Lipinski definition) is 6. The van der Waals surface area contributed by atoms with Crippen LogP contribution in [0.25, 0.3) is 0 Å². The lowest BCUT2D eigenvalue weighted by Crippen LogP contribution is -2.66. The van der Waals surface area contributed by atoms with Gasteiger partial charge in [-0.2, -0.15) is 0 Å². The van der Waals surface area contributed by atoms with Gasteiger partial charge >= 0.3 is 0 Å². The molecule has 0 N–H and O–H groups in total. The summed E-state index contributed by atoms with van der Waals surface area (Å²) in [6.07, 6.45) is 6.15. The number of amides is 1. The fourth-order valence-corrected chi connectivity index (χ4v) is 4.16. The quantitative estimate of drug-likeness (QED) is 0.729. The van der Waals surface area contributed by atoms with Gasteiger partial charge in [-0.25, -0.2) is 0 Å². The summed E-state index contributed by atoms with van der Waals surface area (Å²) in [4.78, 5) is 18.9. The van der Waals surface area contributed by atoms with Gasteiger partial charge < -0.3 is 18.9 Å². The molecule has 4 heterocycles. The number of carbonyl (C=O) groups is 1. The Morgan fingerprint density at radius 3 is 2.89 bits per heavy atom. The molecule has 0 aromatic carbocycles. The van der Waals surface area contributed by atoms with Crippen LogP contribution in [0.4, 0.5) is 0 Å². The monoisotopic (exact) mass is 385 g/mol. The van der Waals surface area contributed by atoms with E-state index < -0.39 is 0 Å². The number of ether oxygens (including phenoxy) is 2. The molecule has 2 aliphatic heterocycles. The summed E-state index contributed by atoms with van der Waals surface area (Å²) in [5.74, 6) is 0.993. The van der Waals surface area contributed by atoms with E-state index in [1.807, 2.05) is 24.0 Å². The number of carbonyl (C=O) groups excluding carboxylic acids is 1. The first-order valence-corrected chi connectivity index (χ1v) is 9.98. The Bertz CT molecular complexity index is 814. The van der Waals surface area contributed by atoms with Crippen molar-refractivity contribution in [2.75, 3.05) is 26.3 Å². The van der Waals surface area contributed by atoms with Gasteiger partial charge in [-0.3, -0.25) is 9.78 Å². The number of nitrogens with zero attached hydrogens (tertiary/aromatic N) is 3. The van der Waals surface area contributed by atoms with Gasteiger partial charge in [0.1, 0.15) is 16.9 Å². The molecule has 28 heavy (non-hydrogen) atoms. The fourth-order valence-electron chi connectivity index (χ4n) is 4.16. The molecule has 2 aliphatic rings. The van der Waals surface area contributed by atoms with Crippen LogP contribution in [0.5, 0.6) is 0 Å². The molecule has 0 aliphatic carbocycles. The number of aromatic nitrogens is 2. The van der Waals surface area contributed by atoms with Crippen LogP contribution in [0.3, 0.4) is 0 Å². The number of aryl methyl sites for hydroxylation is 2. The molecule has 0 saturated carbocycles. The van der Waals surface area contributed by atoms with Crippen molar-refractivity contribution >= 4 is 5.91 Å². The van der Waals surface area contributed by atoms with Crippen molar-refractivity contribution in [2.45, 2.75) is 45.3 Å². The molecule has 2 aromatic heterocycles. The summed E-state index contributed by atoms with van der Waals surface area (Å²) >= 11 is 0. The predicted molar refractivity (Wildman–Crippen MR) is 102 cm³/mol. The second-order valence-corrected chi connectivity index (χ2v) is 7.75. The first-order valence-electron chi connectivity index (χ1n) is 9.98. The Balaban J connectivity index is 1.34. The maximum absolute atomic E-state index is 13.0. The molecule has 4 rings (SSSR count).